The van der Waals surface area contributed by atoms with E-state index in [1.807, 2.05) is 36.9 Å². The van der Waals surface area contributed by atoms with Crippen LogP contribution < -0.4 is 15.0 Å². The van der Waals surface area contributed by atoms with Crippen molar-refractivity contribution >= 4 is 17.5 Å². The minimum atomic E-state index is 0.0126. The normalized spacial score (nSPS) is 14.6. The highest BCUT2D eigenvalue weighted by Crippen LogP contribution is 2.17. The Balaban J connectivity index is 1.50. The summed E-state index contributed by atoms with van der Waals surface area (Å²) >= 11 is 0. The fourth-order valence-corrected chi connectivity index (χ4v) is 3.43. The number of carbonyl (C=O) groups excluding carboxylic acids is 2. The molecule has 0 bridgehead atoms. The summed E-state index contributed by atoms with van der Waals surface area (Å²) in [6, 6.07) is 13.1. The van der Waals surface area contributed by atoms with Crippen molar-refractivity contribution in [2.24, 2.45) is 0 Å². The lowest BCUT2D eigenvalue weighted by atomic mass is 10.1. The average molecular weight is 382 g/mol. The molecule has 6 nitrogen and oxygen atoms in total. The van der Waals surface area contributed by atoms with Crippen molar-refractivity contribution in [2.75, 3.05) is 45.2 Å². The van der Waals surface area contributed by atoms with Gasteiger partial charge in [-0.2, -0.15) is 0 Å². The molecular weight excluding hydrogens is 354 g/mol. The third-order valence-electron chi connectivity index (χ3n) is 5.38. The summed E-state index contributed by atoms with van der Waals surface area (Å²) in [5.41, 5.74) is 3.80. The molecule has 0 aromatic heterocycles. The Kier molecular flexibility index (Phi) is 6.31. The molecule has 3 rings (SSSR count). The average Bonchev–Trinajstić information content (AvgIpc) is 2.71. The lowest BCUT2D eigenvalue weighted by molar-refractivity contribution is -0.895. The number of benzene rings is 2. The number of carbonyl (C=O) groups is 2. The van der Waals surface area contributed by atoms with Gasteiger partial charge in [0.05, 0.1) is 33.3 Å². The first-order chi connectivity index (χ1) is 13.5. The van der Waals surface area contributed by atoms with E-state index in [1.54, 1.807) is 31.4 Å². The number of hydrogen-bond acceptors (Lipinski definition) is 3. The van der Waals surface area contributed by atoms with Crippen LogP contribution in [0.2, 0.25) is 0 Å². The van der Waals surface area contributed by atoms with Gasteiger partial charge in [-0.15, -0.1) is 0 Å². The molecule has 6 heteroatoms. The first-order valence-corrected chi connectivity index (χ1v) is 9.61. The minimum absolute atomic E-state index is 0.0126. The molecule has 0 spiro atoms. The van der Waals surface area contributed by atoms with Crippen molar-refractivity contribution in [1.82, 2.24) is 4.90 Å². The van der Waals surface area contributed by atoms with Crippen molar-refractivity contribution in [3.8, 4) is 5.75 Å². The maximum absolute atomic E-state index is 12.6. The van der Waals surface area contributed by atoms with Gasteiger partial charge < -0.3 is 19.9 Å². The Morgan fingerprint density at radius 1 is 1.07 bits per heavy atom. The SMILES string of the molecule is COc1ccc(C(=O)N2CC[NH+](CC(=O)Nc3cccc(C)c3C)CC2)cc1. The first-order valence-electron chi connectivity index (χ1n) is 9.61. The van der Waals surface area contributed by atoms with Crippen LogP contribution in [0.1, 0.15) is 21.5 Å². The Morgan fingerprint density at radius 3 is 2.39 bits per heavy atom. The summed E-state index contributed by atoms with van der Waals surface area (Å²) in [6.07, 6.45) is 0. The van der Waals surface area contributed by atoms with Crippen LogP contribution in [0.15, 0.2) is 42.5 Å². The smallest absolute Gasteiger partial charge is 0.279 e. The second kappa shape index (κ2) is 8.89. The van der Waals surface area contributed by atoms with E-state index in [2.05, 4.69) is 5.32 Å². The maximum Gasteiger partial charge on any atom is 0.279 e. The number of nitrogens with one attached hydrogen (secondary N) is 2. The van der Waals surface area contributed by atoms with Crippen molar-refractivity contribution in [3.05, 3.63) is 59.2 Å². The van der Waals surface area contributed by atoms with Gasteiger partial charge in [0.15, 0.2) is 6.54 Å². The van der Waals surface area contributed by atoms with E-state index >= 15 is 0 Å². The number of nitrogens with zero attached hydrogens (tertiary/aromatic N) is 1. The summed E-state index contributed by atoms with van der Waals surface area (Å²) in [4.78, 5) is 28.1. The quantitative estimate of drug-likeness (QED) is 0.819. The molecule has 2 aromatic rings. The summed E-state index contributed by atoms with van der Waals surface area (Å²) < 4.78 is 5.14. The molecule has 0 saturated carbocycles. The third-order valence-corrected chi connectivity index (χ3v) is 5.38. The molecular formula is C22H28N3O3+. The maximum atomic E-state index is 12.6. The molecule has 1 saturated heterocycles. The Morgan fingerprint density at radius 2 is 1.75 bits per heavy atom. The topological polar surface area (TPSA) is 63.1 Å². The molecule has 0 aliphatic carbocycles. The van der Waals surface area contributed by atoms with E-state index < -0.39 is 0 Å². The summed E-state index contributed by atoms with van der Waals surface area (Å²) in [5, 5.41) is 3.02. The lowest BCUT2D eigenvalue weighted by Gasteiger charge is -2.32. The number of anilines is 1. The lowest BCUT2D eigenvalue weighted by Crippen LogP contribution is -3.15. The van der Waals surface area contributed by atoms with Gasteiger partial charge in [-0.3, -0.25) is 9.59 Å². The molecule has 0 unspecified atom stereocenters. The molecule has 0 atom stereocenters. The van der Waals surface area contributed by atoms with Crippen LogP contribution in [0.25, 0.3) is 0 Å². The largest absolute Gasteiger partial charge is 0.497 e. The molecule has 0 radical (unpaired) electrons. The van der Waals surface area contributed by atoms with Gasteiger partial charge in [-0.1, -0.05) is 12.1 Å². The molecule has 1 heterocycles. The van der Waals surface area contributed by atoms with E-state index in [-0.39, 0.29) is 11.8 Å². The number of ether oxygens (including phenoxy) is 1. The summed E-state index contributed by atoms with van der Waals surface area (Å²) in [5.74, 6) is 0.779. The van der Waals surface area contributed by atoms with Gasteiger partial charge in [-0.25, -0.2) is 0 Å². The number of hydrogen-bond donors (Lipinski definition) is 2. The van der Waals surface area contributed by atoms with Crippen molar-refractivity contribution in [1.29, 1.82) is 0 Å². The molecule has 148 valence electrons. The fourth-order valence-electron chi connectivity index (χ4n) is 3.43. The molecule has 1 aliphatic rings. The number of rotatable bonds is 5. The second-order valence-corrected chi connectivity index (χ2v) is 7.24. The van der Waals surface area contributed by atoms with E-state index in [9.17, 15) is 9.59 Å². The van der Waals surface area contributed by atoms with E-state index in [1.165, 1.54) is 4.90 Å². The molecule has 2 amide bonds. The van der Waals surface area contributed by atoms with Crippen LogP contribution in [-0.2, 0) is 4.79 Å². The highest BCUT2D eigenvalue weighted by atomic mass is 16.5. The van der Waals surface area contributed by atoms with E-state index in [0.717, 1.165) is 35.7 Å². The van der Waals surface area contributed by atoms with E-state index in [0.29, 0.717) is 25.2 Å². The predicted octanol–water partition coefficient (Wildman–Crippen LogP) is 1.29. The Labute approximate surface area is 166 Å². The number of piperazine rings is 1. The monoisotopic (exact) mass is 382 g/mol. The molecule has 2 N–H and O–H groups in total. The van der Waals surface area contributed by atoms with Gasteiger partial charge >= 0.3 is 0 Å². The van der Waals surface area contributed by atoms with Gasteiger partial charge in [-0.05, 0) is 55.3 Å². The Hall–Kier alpha value is -2.86. The van der Waals surface area contributed by atoms with Crippen LogP contribution in [0.4, 0.5) is 5.69 Å². The third kappa shape index (κ3) is 4.70. The van der Waals surface area contributed by atoms with Crippen molar-refractivity contribution < 1.29 is 19.2 Å². The second-order valence-electron chi connectivity index (χ2n) is 7.24. The summed E-state index contributed by atoms with van der Waals surface area (Å²) in [6.45, 7) is 7.30. The van der Waals surface area contributed by atoms with Gasteiger partial charge in [0.25, 0.3) is 11.8 Å². The summed E-state index contributed by atoms with van der Waals surface area (Å²) in [7, 11) is 1.61. The fraction of sp³-hybridized carbons (Fsp3) is 0.364. The van der Waals surface area contributed by atoms with Gasteiger partial charge in [0.2, 0.25) is 0 Å². The standard InChI is InChI=1S/C22H27N3O3/c1-16-5-4-6-20(17(16)2)23-21(26)15-24-11-13-25(14-12-24)22(27)18-7-9-19(28-3)10-8-18/h4-10H,11-15H2,1-3H3,(H,23,26)/p+1. The van der Waals surface area contributed by atoms with Crippen LogP contribution >= 0.6 is 0 Å². The predicted molar refractivity (Wildman–Crippen MR) is 109 cm³/mol. The Bertz CT molecular complexity index is 841. The van der Waals surface area contributed by atoms with Crippen molar-refractivity contribution in [3.63, 3.8) is 0 Å². The van der Waals surface area contributed by atoms with Crippen molar-refractivity contribution in [2.45, 2.75) is 13.8 Å². The highest BCUT2D eigenvalue weighted by molar-refractivity contribution is 5.94. The van der Waals surface area contributed by atoms with Crippen LogP contribution in [0, 0.1) is 13.8 Å². The zero-order valence-corrected chi connectivity index (χ0v) is 16.7. The molecule has 1 fully saturated rings. The molecule has 2 aromatic carbocycles. The number of methoxy groups -OCH3 is 1. The van der Waals surface area contributed by atoms with E-state index in [4.69, 9.17) is 4.74 Å². The number of amides is 2. The van der Waals surface area contributed by atoms with Crippen LogP contribution in [0.5, 0.6) is 5.75 Å². The molecule has 28 heavy (non-hydrogen) atoms. The number of aryl methyl sites for hydroxylation is 1. The molecule has 1 aliphatic heterocycles. The zero-order chi connectivity index (χ0) is 20.1. The number of quaternary nitrogens is 1. The van der Waals surface area contributed by atoms with Crippen LogP contribution in [0.3, 0.4) is 0 Å². The van der Waals surface area contributed by atoms with Gasteiger partial charge in [0, 0.05) is 11.3 Å². The highest BCUT2D eigenvalue weighted by Gasteiger charge is 2.26. The first kappa shape index (κ1) is 19.9. The van der Waals surface area contributed by atoms with Gasteiger partial charge in [0.1, 0.15) is 5.75 Å². The van der Waals surface area contributed by atoms with Crippen LogP contribution in [-0.4, -0.2) is 56.5 Å². The zero-order valence-electron chi connectivity index (χ0n) is 16.7. The minimum Gasteiger partial charge on any atom is -0.497 e.